The van der Waals surface area contributed by atoms with E-state index in [0.29, 0.717) is 0 Å². The summed E-state index contributed by atoms with van der Waals surface area (Å²) in [5.74, 6) is -13.7. The summed E-state index contributed by atoms with van der Waals surface area (Å²) in [6, 6.07) is 0. The Hall–Kier alpha value is -2.20. The van der Waals surface area contributed by atoms with E-state index >= 15 is 0 Å². The topological polar surface area (TPSA) is 115 Å². The fraction of sp³-hybridized carbons (Fsp3) is 0.200. The lowest BCUT2D eigenvalue weighted by Crippen LogP contribution is -2.30. The summed E-state index contributed by atoms with van der Waals surface area (Å²) in [5.41, 5.74) is -3.76. The molecule has 110 valence electrons. The molecule has 0 amide bonds. The molecular formula is C10H6F4O6. The van der Waals surface area contributed by atoms with Gasteiger partial charge in [0.15, 0.2) is 29.4 Å². The highest BCUT2D eigenvalue weighted by Gasteiger charge is 2.36. The Morgan fingerprint density at radius 3 is 1.55 bits per heavy atom. The van der Waals surface area contributed by atoms with Crippen molar-refractivity contribution in [3.8, 4) is 0 Å². The predicted octanol–water partition coefficient (Wildman–Crippen LogP) is 0.420. The molecule has 0 heterocycles. The molecule has 1 rings (SSSR count). The van der Waals surface area contributed by atoms with Gasteiger partial charge in [-0.1, -0.05) is 0 Å². The van der Waals surface area contributed by atoms with E-state index in [9.17, 15) is 32.3 Å². The molecule has 0 bridgehead atoms. The summed E-state index contributed by atoms with van der Waals surface area (Å²) in [6.45, 7) is 0. The van der Waals surface area contributed by atoms with Crippen LogP contribution in [0.5, 0.6) is 0 Å². The molecule has 0 spiro atoms. The fourth-order valence-corrected chi connectivity index (χ4v) is 1.39. The van der Waals surface area contributed by atoms with Crippen LogP contribution < -0.4 is 0 Å². The van der Waals surface area contributed by atoms with Gasteiger partial charge in [-0.15, -0.1) is 0 Å². The first-order valence-corrected chi connectivity index (χ1v) is 4.79. The zero-order valence-corrected chi connectivity index (χ0v) is 9.27. The lowest BCUT2D eigenvalue weighted by molar-refractivity contribution is -0.153. The number of carbonyl (C=O) groups is 2. The number of carboxylic acid groups (broad SMARTS) is 2. The molecular weight excluding hydrogens is 292 g/mol. The van der Waals surface area contributed by atoms with Crippen molar-refractivity contribution in [1.29, 1.82) is 0 Å². The third-order valence-electron chi connectivity index (χ3n) is 2.36. The van der Waals surface area contributed by atoms with Crippen LogP contribution in [0.25, 0.3) is 0 Å². The Labute approximate surface area is 107 Å². The number of aromatic carboxylic acids is 1. The number of aliphatic hydroxyl groups is 2. The molecule has 0 aromatic heterocycles. The molecule has 0 aliphatic rings. The molecule has 20 heavy (non-hydrogen) atoms. The van der Waals surface area contributed by atoms with Gasteiger partial charge < -0.3 is 20.4 Å². The lowest BCUT2D eigenvalue weighted by Gasteiger charge is -2.17. The van der Waals surface area contributed by atoms with Gasteiger partial charge in [0, 0.05) is 0 Å². The van der Waals surface area contributed by atoms with E-state index in [1.807, 2.05) is 0 Å². The molecule has 10 heteroatoms. The fourth-order valence-electron chi connectivity index (χ4n) is 1.39. The van der Waals surface area contributed by atoms with Gasteiger partial charge in [-0.2, -0.15) is 0 Å². The van der Waals surface area contributed by atoms with Crippen molar-refractivity contribution in [2.45, 2.75) is 12.2 Å². The van der Waals surface area contributed by atoms with Gasteiger partial charge in [0.1, 0.15) is 11.7 Å². The summed E-state index contributed by atoms with van der Waals surface area (Å²) in [4.78, 5) is 20.8. The van der Waals surface area contributed by atoms with Crippen molar-refractivity contribution in [2.75, 3.05) is 0 Å². The lowest BCUT2D eigenvalue weighted by atomic mass is 10.00. The third-order valence-corrected chi connectivity index (χ3v) is 2.36. The van der Waals surface area contributed by atoms with E-state index in [2.05, 4.69) is 0 Å². The van der Waals surface area contributed by atoms with Gasteiger partial charge in [-0.05, 0) is 0 Å². The normalized spacial score (nSPS) is 13.9. The molecule has 0 radical (unpaired) electrons. The van der Waals surface area contributed by atoms with Crippen LogP contribution in [0, 0.1) is 23.3 Å². The molecule has 0 saturated carbocycles. The second-order valence-corrected chi connectivity index (χ2v) is 3.58. The molecule has 1 aromatic carbocycles. The van der Waals surface area contributed by atoms with Crippen LogP contribution in [-0.4, -0.2) is 38.5 Å². The maximum Gasteiger partial charge on any atom is 0.341 e. The van der Waals surface area contributed by atoms with E-state index in [4.69, 9.17) is 15.3 Å². The van der Waals surface area contributed by atoms with Crippen LogP contribution in [0.4, 0.5) is 17.6 Å². The molecule has 1 aromatic rings. The molecule has 2 unspecified atom stereocenters. The van der Waals surface area contributed by atoms with Gasteiger partial charge >= 0.3 is 11.9 Å². The van der Waals surface area contributed by atoms with Gasteiger partial charge in [0.2, 0.25) is 0 Å². The summed E-state index contributed by atoms with van der Waals surface area (Å²) < 4.78 is 53.4. The number of aliphatic carboxylic acids is 1. The summed E-state index contributed by atoms with van der Waals surface area (Å²) in [6.07, 6.45) is -5.60. The van der Waals surface area contributed by atoms with Crippen LogP contribution in [0.1, 0.15) is 22.0 Å². The van der Waals surface area contributed by atoms with Gasteiger partial charge in [0.05, 0.1) is 5.56 Å². The van der Waals surface area contributed by atoms with E-state index in [1.54, 1.807) is 0 Å². The second kappa shape index (κ2) is 5.43. The summed E-state index contributed by atoms with van der Waals surface area (Å²) >= 11 is 0. The minimum Gasteiger partial charge on any atom is -0.479 e. The maximum absolute atomic E-state index is 13.4. The molecule has 4 N–H and O–H groups in total. The van der Waals surface area contributed by atoms with Crippen molar-refractivity contribution in [3.63, 3.8) is 0 Å². The van der Waals surface area contributed by atoms with Crippen molar-refractivity contribution in [1.82, 2.24) is 0 Å². The molecule has 2 atom stereocenters. The molecule has 0 saturated heterocycles. The zero-order chi connectivity index (χ0) is 15.8. The number of rotatable bonds is 4. The van der Waals surface area contributed by atoms with Crippen LogP contribution >= 0.6 is 0 Å². The number of hydrogen-bond donors (Lipinski definition) is 4. The SMILES string of the molecule is O=C(O)c1c(F)c(F)c(C(O)C(O)C(=O)O)c(F)c1F. The molecule has 0 fully saturated rings. The Kier molecular flexibility index (Phi) is 4.30. The Morgan fingerprint density at radius 1 is 0.850 bits per heavy atom. The predicted molar refractivity (Wildman–Crippen MR) is 51.8 cm³/mol. The number of carboxylic acids is 2. The largest absolute Gasteiger partial charge is 0.479 e. The van der Waals surface area contributed by atoms with Crippen LogP contribution in [0.15, 0.2) is 0 Å². The molecule has 0 aliphatic carbocycles. The van der Waals surface area contributed by atoms with Crippen molar-refractivity contribution in [3.05, 3.63) is 34.4 Å². The molecule has 6 nitrogen and oxygen atoms in total. The van der Waals surface area contributed by atoms with E-state index in [-0.39, 0.29) is 0 Å². The smallest absolute Gasteiger partial charge is 0.341 e. The second-order valence-electron chi connectivity index (χ2n) is 3.58. The Balaban J connectivity index is 3.59. The number of benzene rings is 1. The summed E-state index contributed by atoms with van der Waals surface area (Å²) in [5, 5.41) is 34.9. The first kappa shape index (κ1) is 15.9. The van der Waals surface area contributed by atoms with Gasteiger partial charge in [-0.25, -0.2) is 27.2 Å². The van der Waals surface area contributed by atoms with Gasteiger partial charge in [-0.3, -0.25) is 0 Å². The molecule has 0 aliphatic heterocycles. The Morgan fingerprint density at radius 2 is 1.25 bits per heavy atom. The monoisotopic (exact) mass is 298 g/mol. The maximum atomic E-state index is 13.4. The quantitative estimate of drug-likeness (QED) is 0.473. The number of hydrogen-bond acceptors (Lipinski definition) is 4. The number of aliphatic hydroxyl groups excluding tert-OH is 2. The highest BCUT2D eigenvalue weighted by molar-refractivity contribution is 5.88. The van der Waals surface area contributed by atoms with Crippen molar-refractivity contribution in [2.24, 2.45) is 0 Å². The first-order chi connectivity index (χ1) is 9.11. The standard InChI is InChI=1S/C10H6F4O6/c11-3-1(7(15)8(16)10(19)20)4(12)6(14)2(5(3)13)9(17)18/h7-8,15-16H,(H,17,18)(H,19,20). The van der Waals surface area contributed by atoms with Crippen molar-refractivity contribution < 1.29 is 47.6 Å². The highest BCUT2D eigenvalue weighted by atomic mass is 19.2. The average Bonchev–Trinajstić information content (AvgIpc) is 2.35. The van der Waals surface area contributed by atoms with Crippen molar-refractivity contribution >= 4 is 11.9 Å². The Bertz CT molecular complexity index is 559. The van der Waals surface area contributed by atoms with E-state index in [0.717, 1.165) is 0 Å². The number of halogens is 4. The highest BCUT2D eigenvalue weighted by Crippen LogP contribution is 2.30. The van der Waals surface area contributed by atoms with E-state index < -0.39 is 58.5 Å². The van der Waals surface area contributed by atoms with Crippen LogP contribution in [-0.2, 0) is 4.79 Å². The van der Waals surface area contributed by atoms with Gasteiger partial charge in [0.25, 0.3) is 0 Å². The average molecular weight is 298 g/mol. The van der Waals surface area contributed by atoms with E-state index in [1.165, 1.54) is 0 Å². The zero-order valence-electron chi connectivity index (χ0n) is 9.27. The van der Waals surface area contributed by atoms with Crippen LogP contribution in [0.2, 0.25) is 0 Å². The first-order valence-electron chi connectivity index (χ1n) is 4.79. The van der Waals surface area contributed by atoms with Crippen LogP contribution in [0.3, 0.4) is 0 Å². The third kappa shape index (κ3) is 2.42. The summed E-state index contributed by atoms with van der Waals surface area (Å²) in [7, 11) is 0. The minimum atomic E-state index is -2.83. The minimum absolute atomic E-state index is 1.82.